The summed E-state index contributed by atoms with van der Waals surface area (Å²) in [6.07, 6.45) is 4.37. The number of piperidine rings is 1. The highest BCUT2D eigenvalue weighted by molar-refractivity contribution is 7.89. The number of hydrogen-bond donors (Lipinski definition) is 1. The Morgan fingerprint density at radius 1 is 1.06 bits per heavy atom. The van der Waals surface area contributed by atoms with Crippen LogP contribution in [-0.4, -0.2) is 50.9 Å². The maximum atomic E-state index is 13.0. The molecule has 0 bridgehead atoms. The SMILES string of the molecule is CCC(C(=O)Oc1ccc(S(=O)(=O)N2CCC(N)CC2)cc1C)c1ccc(N2CCCC2)cc1. The van der Waals surface area contributed by atoms with Crippen molar-refractivity contribution in [2.75, 3.05) is 31.1 Å². The Bertz CT molecular complexity index is 1100. The van der Waals surface area contributed by atoms with Crippen molar-refractivity contribution in [3.05, 3.63) is 53.6 Å². The lowest BCUT2D eigenvalue weighted by atomic mass is 9.96. The van der Waals surface area contributed by atoms with E-state index >= 15 is 0 Å². The fourth-order valence-corrected chi connectivity index (χ4v) is 6.33. The third-order valence-electron chi connectivity index (χ3n) is 6.95. The summed E-state index contributed by atoms with van der Waals surface area (Å²) < 4.78 is 33.2. The molecule has 34 heavy (non-hydrogen) atoms. The Balaban J connectivity index is 1.45. The predicted molar refractivity (Wildman–Crippen MR) is 134 cm³/mol. The van der Waals surface area contributed by atoms with Crippen LogP contribution >= 0.6 is 0 Å². The van der Waals surface area contributed by atoms with Crippen LogP contribution in [0.1, 0.15) is 56.1 Å². The smallest absolute Gasteiger partial charge is 0.318 e. The van der Waals surface area contributed by atoms with E-state index in [4.69, 9.17) is 10.5 Å². The summed E-state index contributed by atoms with van der Waals surface area (Å²) in [5.41, 5.74) is 8.64. The first-order valence-corrected chi connectivity index (χ1v) is 13.7. The Kier molecular flexibility index (Phi) is 7.60. The standard InChI is InChI=1S/C26H35N3O4S/c1-3-24(20-6-8-22(9-7-20)28-14-4-5-15-28)26(30)33-25-11-10-23(18-19(25)2)34(31,32)29-16-12-21(27)13-17-29/h6-11,18,21,24H,3-5,12-17,27H2,1-2H3. The molecule has 0 spiro atoms. The highest BCUT2D eigenvalue weighted by atomic mass is 32.2. The third-order valence-corrected chi connectivity index (χ3v) is 8.85. The van der Waals surface area contributed by atoms with Gasteiger partial charge in [-0.15, -0.1) is 0 Å². The number of carbonyl (C=O) groups is 1. The van der Waals surface area contributed by atoms with Gasteiger partial charge in [-0.25, -0.2) is 8.42 Å². The van der Waals surface area contributed by atoms with Crippen LogP contribution in [-0.2, 0) is 14.8 Å². The van der Waals surface area contributed by atoms with Crippen molar-refractivity contribution < 1.29 is 17.9 Å². The molecule has 2 saturated heterocycles. The molecule has 184 valence electrons. The number of rotatable bonds is 7. The second kappa shape index (κ2) is 10.5. The topological polar surface area (TPSA) is 92.9 Å². The van der Waals surface area contributed by atoms with Crippen molar-refractivity contribution in [1.82, 2.24) is 4.31 Å². The third kappa shape index (κ3) is 5.29. The molecular weight excluding hydrogens is 450 g/mol. The molecule has 2 fully saturated rings. The minimum atomic E-state index is -3.60. The molecule has 2 aromatic carbocycles. The minimum Gasteiger partial charge on any atom is -0.426 e. The van der Waals surface area contributed by atoms with Crippen LogP contribution in [0.25, 0.3) is 0 Å². The maximum absolute atomic E-state index is 13.0. The number of nitrogens with zero attached hydrogens (tertiary/aromatic N) is 2. The van der Waals surface area contributed by atoms with E-state index in [2.05, 4.69) is 17.0 Å². The molecule has 2 N–H and O–H groups in total. The van der Waals surface area contributed by atoms with Crippen LogP contribution in [0, 0.1) is 6.92 Å². The molecule has 0 saturated carbocycles. The van der Waals surface area contributed by atoms with Gasteiger partial charge in [0.05, 0.1) is 10.8 Å². The molecule has 0 radical (unpaired) electrons. The van der Waals surface area contributed by atoms with Crippen molar-refractivity contribution in [1.29, 1.82) is 0 Å². The zero-order chi connectivity index (χ0) is 24.3. The van der Waals surface area contributed by atoms with E-state index in [0.717, 1.165) is 18.7 Å². The van der Waals surface area contributed by atoms with Crippen LogP contribution in [0.5, 0.6) is 5.75 Å². The van der Waals surface area contributed by atoms with Crippen molar-refractivity contribution in [2.45, 2.75) is 62.8 Å². The molecule has 4 rings (SSSR count). The highest BCUT2D eigenvalue weighted by Crippen LogP contribution is 2.29. The van der Waals surface area contributed by atoms with E-state index in [9.17, 15) is 13.2 Å². The van der Waals surface area contributed by atoms with Gasteiger partial charge in [-0.05, 0) is 80.5 Å². The Hall–Kier alpha value is -2.42. The average molecular weight is 486 g/mol. The summed E-state index contributed by atoms with van der Waals surface area (Å²) >= 11 is 0. The summed E-state index contributed by atoms with van der Waals surface area (Å²) in [7, 11) is -3.60. The number of benzene rings is 2. The van der Waals surface area contributed by atoms with E-state index < -0.39 is 10.0 Å². The molecule has 1 unspecified atom stereocenters. The maximum Gasteiger partial charge on any atom is 0.318 e. The van der Waals surface area contributed by atoms with Gasteiger partial charge >= 0.3 is 5.97 Å². The van der Waals surface area contributed by atoms with E-state index in [1.54, 1.807) is 19.1 Å². The zero-order valence-corrected chi connectivity index (χ0v) is 20.9. The predicted octanol–water partition coefficient (Wildman–Crippen LogP) is 3.81. The molecule has 0 amide bonds. The Morgan fingerprint density at radius 3 is 2.29 bits per heavy atom. The van der Waals surface area contributed by atoms with Gasteiger partial charge in [0.1, 0.15) is 5.75 Å². The van der Waals surface area contributed by atoms with Gasteiger partial charge in [0, 0.05) is 37.9 Å². The average Bonchev–Trinajstić information content (AvgIpc) is 3.36. The molecular formula is C26H35N3O4S. The van der Waals surface area contributed by atoms with Gasteiger partial charge < -0.3 is 15.4 Å². The number of anilines is 1. The van der Waals surface area contributed by atoms with E-state index in [0.29, 0.717) is 43.7 Å². The number of ether oxygens (including phenoxy) is 1. The van der Waals surface area contributed by atoms with Crippen molar-refractivity contribution in [2.24, 2.45) is 5.73 Å². The lowest BCUT2D eigenvalue weighted by molar-refractivity contribution is -0.136. The van der Waals surface area contributed by atoms with Crippen LogP contribution in [0.4, 0.5) is 5.69 Å². The van der Waals surface area contributed by atoms with Gasteiger partial charge in [0.15, 0.2) is 0 Å². The molecule has 2 aromatic rings. The lowest BCUT2D eigenvalue weighted by Crippen LogP contribution is -2.42. The van der Waals surface area contributed by atoms with E-state index in [1.165, 1.54) is 28.9 Å². The van der Waals surface area contributed by atoms with E-state index in [1.807, 2.05) is 19.1 Å². The van der Waals surface area contributed by atoms with Crippen LogP contribution in [0.15, 0.2) is 47.4 Å². The first-order valence-electron chi connectivity index (χ1n) is 12.2. The normalized spacial score (nSPS) is 18.7. The summed E-state index contributed by atoms with van der Waals surface area (Å²) in [4.78, 5) is 15.6. The number of sulfonamides is 1. The summed E-state index contributed by atoms with van der Waals surface area (Å²) in [6.45, 7) is 6.73. The number of hydrogen-bond acceptors (Lipinski definition) is 6. The van der Waals surface area contributed by atoms with Crippen LogP contribution < -0.4 is 15.4 Å². The second-order valence-electron chi connectivity index (χ2n) is 9.34. The van der Waals surface area contributed by atoms with Gasteiger partial charge in [0.2, 0.25) is 10.0 Å². The van der Waals surface area contributed by atoms with Gasteiger partial charge in [-0.3, -0.25) is 4.79 Å². The fourth-order valence-electron chi connectivity index (χ4n) is 4.77. The second-order valence-corrected chi connectivity index (χ2v) is 11.3. The molecule has 7 nitrogen and oxygen atoms in total. The molecule has 0 aliphatic carbocycles. The van der Waals surface area contributed by atoms with Gasteiger partial charge in [-0.2, -0.15) is 4.31 Å². The molecule has 2 heterocycles. The first kappa shape index (κ1) is 24.7. The number of aryl methyl sites for hydroxylation is 1. The molecule has 8 heteroatoms. The quantitative estimate of drug-likeness (QED) is 0.474. The summed E-state index contributed by atoms with van der Waals surface area (Å²) in [5, 5.41) is 0. The Labute approximate surface area is 202 Å². The number of esters is 1. The molecule has 1 atom stereocenters. The largest absolute Gasteiger partial charge is 0.426 e. The van der Waals surface area contributed by atoms with Crippen LogP contribution in [0.3, 0.4) is 0 Å². The zero-order valence-electron chi connectivity index (χ0n) is 20.1. The van der Waals surface area contributed by atoms with Crippen molar-refractivity contribution >= 4 is 21.7 Å². The monoisotopic (exact) mass is 485 g/mol. The first-order chi connectivity index (χ1) is 16.3. The van der Waals surface area contributed by atoms with Gasteiger partial charge in [0.25, 0.3) is 0 Å². The molecule has 2 aliphatic heterocycles. The number of carbonyl (C=O) groups excluding carboxylic acids is 1. The summed E-state index contributed by atoms with van der Waals surface area (Å²) in [6, 6.07) is 12.9. The minimum absolute atomic E-state index is 0.0536. The van der Waals surface area contributed by atoms with E-state index in [-0.39, 0.29) is 22.8 Å². The number of nitrogens with two attached hydrogens (primary N) is 1. The summed E-state index contributed by atoms with van der Waals surface area (Å²) in [5.74, 6) is -0.329. The van der Waals surface area contributed by atoms with Crippen molar-refractivity contribution in [3.8, 4) is 5.75 Å². The van der Waals surface area contributed by atoms with Crippen molar-refractivity contribution in [3.63, 3.8) is 0 Å². The van der Waals surface area contributed by atoms with Crippen LogP contribution in [0.2, 0.25) is 0 Å². The lowest BCUT2D eigenvalue weighted by Gasteiger charge is -2.29. The highest BCUT2D eigenvalue weighted by Gasteiger charge is 2.29. The molecule has 2 aliphatic rings. The molecule has 0 aromatic heterocycles. The Morgan fingerprint density at radius 2 is 1.71 bits per heavy atom. The van der Waals surface area contributed by atoms with Gasteiger partial charge in [-0.1, -0.05) is 19.1 Å². The fraction of sp³-hybridized carbons (Fsp3) is 0.500.